The van der Waals surface area contributed by atoms with Crippen molar-refractivity contribution in [2.75, 3.05) is 0 Å². The summed E-state index contributed by atoms with van der Waals surface area (Å²) in [7, 11) is 0. The number of hydrogen-bond donors (Lipinski definition) is 1. The topological polar surface area (TPSA) is 42.2 Å². The van der Waals surface area contributed by atoms with Gasteiger partial charge in [-0.15, -0.1) is 0 Å². The van der Waals surface area contributed by atoms with Crippen molar-refractivity contribution in [1.82, 2.24) is 4.57 Å². The predicted octanol–water partition coefficient (Wildman–Crippen LogP) is 3.51. The van der Waals surface area contributed by atoms with Crippen LogP contribution < -0.4 is 5.56 Å². The lowest BCUT2D eigenvalue weighted by molar-refractivity contribution is 0.279. The van der Waals surface area contributed by atoms with E-state index in [1.54, 1.807) is 10.6 Å². The number of aliphatic hydroxyl groups excluding tert-OH is 1. The minimum Gasteiger partial charge on any atom is -0.391 e. The normalized spacial score (nSPS) is 10.8. The number of hydrogen-bond acceptors (Lipinski definition) is 2. The quantitative estimate of drug-likeness (QED) is 0.825. The van der Waals surface area contributed by atoms with Gasteiger partial charge < -0.3 is 9.67 Å². The number of aliphatic hydroxyl groups is 1. The zero-order chi connectivity index (χ0) is 15.2. The molecule has 1 heterocycles. The maximum atomic E-state index is 12.5. The SMILES string of the molecule is CCCCCn1c(-c2ccc(C)cc2)ccc(CO)c1=O. The van der Waals surface area contributed by atoms with Gasteiger partial charge in [0.2, 0.25) is 0 Å². The molecule has 0 fully saturated rings. The molecule has 21 heavy (non-hydrogen) atoms. The Morgan fingerprint density at radius 2 is 1.76 bits per heavy atom. The molecule has 0 aliphatic carbocycles. The van der Waals surface area contributed by atoms with Gasteiger partial charge in [0.1, 0.15) is 0 Å². The lowest BCUT2D eigenvalue weighted by Crippen LogP contribution is -2.25. The Hall–Kier alpha value is -1.87. The first-order valence-corrected chi connectivity index (χ1v) is 7.58. The van der Waals surface area contributed by atoms with E-state index in [9.17, 15) is 9.90 Å². The monoisotopic (exact) mass is 285 g/mol. The summed E-state index contributed by atoms with van der Waals surface area (Å²) < 4.78 is 1.80. The van der Waals surface area contributed by atoms with Crippen LogP contribution in [0.25, 0.3) is 11.3 Å². The van der Waals surface area contributed by atoms with Crippen LogP contribution in [0.3, 0.4) is 0 Å². The number of aryl methyl sites for hydroxylation is 1. The zero-order valence-corrected chi connectivity index (χ0v) is 12.8. The summed E-state index contributed by atoms with van der Waals surface area (Å²) >= 11 is 0. The minimum absolute atomic E-state index is 0.0771. The Labute approximate surface area is 125 Å². The van der Waals surface area contributed by atoms with E-state index in [0.29, 0.717) is 12.1 Å². The second kappa shape index (κ2) is 7.23. The van der Waals surface area contributed by atoms with Crippen molar-refractivity contribution in [2.45, 2.75) is 46.3 Å². The highest BCUT2D eigenvalue weighted by Crippen LogP contribution is 2.19. The van der Waals surface area contributed by atoms with Crippen LogP contribution in [0.5, 0.6) is 0 Å². The fourth-order valence-corrected chi connectivity index (χ4v) is 2.46. The third-order valence-electron chi connectivity index (χ3n) is 3.76. The van der Waals surface area contributed by atoms with Crippen molar-refractivity contribution < 1.29 is 5.11 Å². The van der Waals surface area contributed by atoms with Gasteiger partial charge in [0, 0.05) is 12.1 Å². The highest BCUT2D eigenvalue weighted by molar-refractivity contribution is 5.60. The van der Waals surface area contributed by atoms with Crippen LogP contribution in [-0.2, 0) is 13.2 Å². The van der Waals surface area contributed by atoms with E-state index in [2.05, 4.69) is 19.1 Å². The van der Waals surface area contributed by atoms with Gasteiger partial charge >= 0.3 is 0 Å². The Morgan fingerprint density at radius 1 is 1.05 bits per heavy atom. The first-order valence-electron chi connectivity index (χ1n) is 7.58. The molecule has 0 aliphatic rings. The Morgan fingerprint density at radius 3 is 2.38 bits per heavy atom. The third kappa shape index (κ3) is 3.61. The molecule has 0 amide bonds. The van der Waals surface area contributed by atoms with E-state index in [-0.39, 0.29) is 12.2 Å². The molecular weight excluding hydrogens is 262 g/mol. The van der Waals surface area contributed by atoms with Crippen molar-refractivity contribution in [3.63, 3.8) is 0 Å². The first-order chi connectivity index (χ1) is 10.2. The van der Waals surface area contributed by atoms with Crippen molar-refractivity contribution in [2.24, 2.45) is 0 Å². The van der Waals surface area contributed by atoms with Crippen LogP contribution in [0.15, 0.2) is 41.2 Å². The van der Waals surface area contributed by atoms with E-state index in [0.717, 1.165) is 30.5 Å². The summed E-state index contributed by atoms with van der Waals surface area (Å²) in [6.45, 7) is 4.69. The molecule has 0 unspecified atom stereocenters. The first kappa shape index (κ1) is 15.5. The standard InChI is InChI=1S/C18H23NO2/c1-3-4-5-12-19-17(11-10-16(13-20)18(19)21)15-8-6-14(2)7-9-15/h6-11,20H,3-5,12-13H2,1-2H3. The van der Waals surface area contributed by atoms with Crippen molar-refractivity contribution in [1.29, 1.82) is 0 Å². The molecule has 0 radical (unpaired) electrons. The van der Waals surface area contributed by atoms with Gasteiger partial charge in [-0.05, 0) is 31.0 Å². The fourth-order valence-electron chi connectivity index (χ4n) is 2.46. The number of aromatic nitrogens is 1. The summed E-state index contributed by atoms with van der Waals surface area (Å²) in [6.07, 6.45) is 3.20. The average molecular weight is 285 g/mol. The number of benzene rings is 1. The van der Waals surface area contributed by atoms with Crippen LogP contribution in [0.1, 0.15) is 37.3 Å². The minimum atomic E-state index is -0.208. The number of pyridine rings is 1. The molecule has 1 aromatic heterocycles. The van der Waals surface area contributed by atoms with E-state index in [4.69, 9.17) is 0 Å². The second-order valence-corrected chi connectivity index (χ2v) is 5.43. The molecule has 0 saturated carbocycles. The van der Waals surface area contributed by atoms with Gasteiger partial charge in [0.15, 0.2) is 0 Å². The van der Waals surface area contributed by atoms with Gasteiger partial charge in [-0.2, -0.15) is 0 Å². The second-order valence-electron chi connectivity index (χ2n) is 5.43. The summed E-state index contributed by atoms with van der Waals surface area (Å²) in [5.74, 6) is 0. The third-order valence-corrected chi connectivity index (χ3v) is 3.76. The van der Waals surface area contributed by atoms with E-state index >= 15 is 0 Å². The van der Waals surface area contributed by atoms with Crippen molar-refractivity contribution in [3.05, 3.63) is 57.9 Å². The van der Waals surface area contributed by atoms with Crippen LogP contribution in [0, 0.1) is 6.92 Å². The van der Waals surface area contributed by atoms with Gasteiger partial charge in [0.05, 0.1) is 12.3 Å². The summed E-state index contributed by atoms with van der Waals surface area (Å²) in [6, 6.07) is 11.8. The molecule has 112 valence electrons. The van der Waals surface area contributed by atoms with E-state index in [1.807, 2.05) is 25.1 Å². The summed E-state index contributed by atoms with van der Waals surface area (Å²) in [5, 5.41) is 9.30. The zero-order valence-electron chi connectivity index (χ0n) is 12.8. The molecule has 2 rings (SSSR count). The number of unbranched alkanes of at least 4 members (excludes halogenated alkanes) is 2. The smallest absolute Gasteiger partial charge is 0.256 e. The van der Waals surface area contributed by atoms with Crippen molar-refractivity contribution in [3.8, 4) is 11.3 Å². The van der Waals surface area contributed by atoms with Crippen LogP contribution >= 0.6 is 0 Å². The molecule has 0 aliphatic heterocycles. The number of nitrogens with zero attached hydrogens (tertiary/aromatic N) is 1. The van der Waals surface area contributed by atoms with Crippen LogP contribution in [-0.4, -0.2) is 9.67 Å². The van der Waals surface area contributed by atoms with E-state index in [1.165, 1.54) is 5.56 Å². The molecule has 0 saturated heterocycles. The Bertz CT molecular complexity index is 641. The highest BCUT2D eigenvalue weighted by Gasteiger charge is 2.09. The van der Waals surface area contributed by atoms with E-state index < -0.39 is 0 Å². The molecule has 2 aromatic rings. The van der Waals surface area contributed by atoms with Gasteiger partial charge in [0.25, 0.3) is 5.56 Å². The lowest BCUT2D eigenvalue weighted by Gasteiger charge is -2.14. The van der Waals surface area contributed by atoms with Gasteiger partial charge in [-0.25, -0.2) is 0 Å². The summed E-state index contributed by atoms with van der Waals surface area (Å²) in [4.78, 5) is 12.5. The maximum absolute atomic E-state index is 12.5. The fraction of sp³-hybridized carbons (Fsp3) is 0.389. The molecule has 3 heteroatoms. The van der Waals surface area contributed by atoms with Gasteiger partial charge in [-0.3, -0.25) is 4.79 Å². The summed E-state index contributed by atoms with van der Waals surface area (Å²) in [5.41, 5.74) is 3.55. The lowest BCUT2D eigenvalue weighted by atomic mass is 10.1. The number of rotatable bonds is 6. The predicted molar refractivity (Wildman–Crippen MR) is 86.3 cm³/mol. The molecule has 0 atom stereocenters. The molecule has 0 bridgehead atoms. The largest absolute Gasteiger partial charge is 0.391 e. The van der Waals surface area contributed by atoms with Crippen molar-refractivity contribution >= 4 is 0 Å². The maximum Gasteiger partial charge on any atom is 0.256 e. The average Bonchev–Trinajstić information content (AvgIpc) is 2.50. The molecule has 1 aromatic carbocycles. The Kier molecular flexibility index (Phi) is 5.34. The molecule has 0 spiro atoms. The van der Waals surface area contributed by atoms with Crippen LogP contribution in [0.2, 0.25) is 0 Å². The van der Waals surface area contributed by atoms with Crippen LogP contribution in [0.4, 0.5) is 0 Å². The van der Waals surface area contributed by atoms with Gasteiger partial charge in [-0.1, -0.05) is 49.6 Å². The Balaban J connectivity index is 2.46. The molecular formula is C18H23NO2. The highest BCUT2D eigenvalue weighted by atomic mass is 16.3. The molecule has 3 nitrogen and oxygen atoms in total. The molecule has 1 N–H and O–H groups in total.